The third kappa shape index (κ3) is 2.31. The molecule has 0 amide bonds. The molecule has 0 radical (unpaired) electrons. The molecule has 0 bridgehead atoms. The third-order valence-corrected chi connectivity index (χ3v) is 6.00. The summed E-state index contributed by atoms with van der Waals surface area (Å²) in [5.74, 6) is 0.814. The first kappa shape index (κ1) is 17.4. The van der Waals surface area contributed by atoms with E-state index in [9.17, 15) is 0 Å². The van der Waals surface area contributed by atoms with Crippen molar-refractivity contribution in [3.63, 3.8) is 0 Å². The van der Waals surface area contributed by atoms with Crippen LogP contribution in [0.1, 0.15) is 44.8 Å². The molecule has 0 aliphatic heterocycles. The number of hydrogen-bond acceptors (Lipinski definition) is 2. The third-order valence-electron chi connectivity index (χ3n) is 5.50. The van der Waals surface area contributed by atoms with E-state index in [1.54, 1.807) is 0 Å². The Morgan fingerprint density at radius 1 is 0.542 bits per heavy atom. The molecule has 0 N–H and O–H groups in total. The van der Waals surface area contributed by atoms with Gasteiger partial charge in [-0.2, -0.15) is 0 Å². The van der Waals surface area contributed by atoms with Crippen LogP contribution >= 0.6 is 23.2 Å². The van der Waals surface area contributed by atoms with E-state index in [4.69, 9.17) is 33.2 Å². The van der Waals surface area contributed by atoms with Gasteiger partial charge in [-0.05, 0) is 74.9 Å². The van der Waals surface area contributed by atoms with E-state index in [1.807, 2.05) is 0 Å². The second-order valence-electron chi connectivity index (χ2n) is 6.58. The number of alkyl halides is 2. The van der Waals surface area contributed by atoms with Crippen LogP contribution in [0, 0.1) is 41.5 Å². The highest BCUT2D eigenvalue weighted by Gasteiger charge is 2.19. The van der Waals surface area contributed by atoms with Gasteiger partial charge in [0.15, 0.2) is 0 Å². The maximum atomic E-state index is 6.14. The lowest BCUT2D eigenvalue weighted by molar-refractivity contribution is 1.11. The normalized spacial score (nSPS) is 11.7. The Morgan fingerprint density at radius 3 is 1.12 bits per heavy atom. The van der Waals surface area contributed by atoms with Crippen LogP contribution in [-0.2, 0) is 11.8 Å². The molecule has 0 unspecified atom stereocenters. The minimum absolute atomic E-state index is 0.407. The number of benzene rings is 1. The van der Waals surface area contributed by atoms with E-state index >= 15 is 0 Å². The van der Waals surface area contributed by atoms with E-state index in [0.717, 1.165) is 22.4 Å². The Bertz CT molecular complexity index is 910. The summed E-state index contributed by atoms with van der Waals surface area (Å²) in [7, 11) is 0. The summed E-state index contributed by atoms with van der Waals surface area (Å²) < 4.78 is 0. The average molecular weight is 361 g/mol. The number of aromatic nitrogens is 2. The lowest BCUT2D eigenvalue weighted by atomic mass is 9.90. The molecule has 0 saturated carbocycles. The van der Waals surface area contributed by atoms with Crippen LogP contribution in [0.5, 0.6) is 0 Å². The van der Waals surface area contributed by atoms with Crippen LogP contribution in [0.2, 0.25) is 0 Å². The maximum Gasteiger partial charge on any atom is 0.0974 e. The second kappa shape index (κ2) is 6.16. The van der Waals surface area contributed by atoms with Crippen LogP contribution in [0.15, 0.2) is 0 Å². The van der Waals surface area contributed by atoms with Gasteiger partial charge >= 0.3 is 0 Å². The molecule has 126 valence electrons. The highest BCUT2D eigenvalue weighted by Crippen LogP contribution is 2.37. The molecule has 0 saturated heterocycles. The van der Waals surface area contributed by atoms with Gasteiger partial charge in [-0.15, -0.1) is 23.2 Å². The number of hydrogen-bond donors (Lipinski definition) is 0. The smallest absolute Gasteiger partial charge is 0.0974 e. The number of halogens is 2. The molecule has 4 heteroatoms. The monoisotopic (exact) mass is 360 g/mol. The lowest BCUT2D eigenvalue weighted by Gasteiger charge is -2.19. The molecule has 0 aliphatic carbocycles. The number of aryl methyl sites for hydroxylation is 4. The van der Waals surface area contributed by atoms with Crippen molar-refractivity contribution in [1.29, 1.82) is 0 Å². The Labute approximate surface area is 153 Å². The summed E-state index contributed by atoms with van der Waals surface area (Å²) >= 11 is 12.3. The van der Waals surface area contributed by atoms with Crippen LogP contribution in [0.25, 0.3) is 21.8 Å². The molecule has 0 aliphatic rings. The summed E-state index contributed by atoms with van der Waals surface area (Å²) in [6.45, 7) is 12.8. The van der Waals surface area contributed by atoms with Crippen LogP contribution in [0.3, 0.4) is 0 Å². The predicted molar refractivity (Wildman–Crippen MR) is 105 cm³/mol. The molecular formula is C20H22Cl2N2. The van der Waals surface area contributed by atoms with Crippen LogP contribution < -0.4 is 0 Å². The molecule has 2 nitrogen and oxygen atoms in total. The first-order chi connectivity index (χ1) is 11.3. The molecule has 1 aromatic carbocycles. The Kier molecular flexibility index (Phi) is 4.48. The number of rotatable bonds is 2. The highest BCUT2D eigenvalue weighted by molar-refractivity contribution is 6.18. The van der Waals surface area contributed by atoms with Crippen molar-refractivity contribution in [3.05, 3.63) is 44.8 Å². The minimum atomic E-state index is 0.407. The summed E-state index contributed by atoms with van der Waals surface area (Å²) in [5, 5.41) is 2.39. The van der Waals surface area contributed by atoms with Crippen molar-refractivity contribution in [3.8, 4) is 0 Å². The lowest BCUT2D eigenvalue weighted by Crippen LogP contribution is -2.04. The minimum Gasteiger partial charge on any atom is -0.249 e. The van der Waals surface area contributed by atoms with Gasteiger partial charge in [0.1, 0.15) is 0 Å². The van der Waals surface area contributed by atoms with Crippen molar-refractivity contribution in [2.45, 2.75) is 53.3 Å². The molecule has 0 spiro atoms. The van der Waals surface area contributed by atoms with Gasteiger partial charge in [-0.3, -0.25) is 0 Å². The fraction of sp³-hybridized carbons (Fsp3) is 0.400. The largest absolute Gasteiger partial charge is 0.249 e. The number of fused-ring (bicyclic) bond motifs is 3. The Balaban J connectivity index is 2.68. The summed E-state index contributed by atoms with van der Waals surface area (Å²) in [4.78, 5) is 9.79. The van der Waals surface area contributed by atoms with Crippen LogP contribution in [-0.4, -0.2) is 9.97 Å². The quantitative estimate of drug-likeness (QED) is 0.406. The number of nitrogens with zero attached hydrogens (tertiary/aromatic N) is 2. The molecular weight excluding hydrogens is 339 g/mol. The summed E-state index contributed by atoms with van der Waals surface area (Å²) in [6, 6.07) is 0. The first-order valence-corrected chi connectivity index (χ1v) is 9.21. The van der Waals surface area contributed by atoms with Gasteiger partial charge in [0.25, 0.3) is 0 Å². The van der Waals surface area contributed by atoms with E-state index in [1.165, 1.54) is 44.2 Å². The second-order valence-corrected chi connectivity index (χ2v) is 7.12. The molecule has 0 atom stereocenters. The van der Waals surface area contributed by atoms with Gasteiger partial charge in [0, 0.05) is 10.8 Å². The van der Waals surface area contributed by atoms with Crippen molar-refractivity contribution in [2.24, 2.45) is 0 Å². The maximum absolute atomic E-state index is 6.14. The molecule has 0 fully saturated rings. The zero-order valence-corrected chi connectivity index (χ0v) is 16.6. The molecule has 3 aromatic rings. The van der Waals surface area contributed by atoms with E-state index in [2.05, 4.69) is 41.5 Å². The molecule has 3 rings (SSSR count). The van der Waals surface area contributed by atoms with Gasteiger partial charge in [-0.1, -0.05) is 0 Å². The van der Waals surface area contributed by atoms with Crippen molar-refractivity contribution >= 4 is 45.0 Å². The van der Waals surface area contributed by atoms with Gasteiger partial charge in [0.2, 0.25) is 0 Å². The predicted octanol–water partition coefficient (Wildman–Crippen LogP) is 6.11. The van der Waals surface area contributed by atoms with Gasteiger partial charge in [0.05, 0.1) is 34.2 Å². The number of pyridine rings is 2. The molecule has 2 aromatic heterocycles. The van der Waals surface area contributed by atoms with Crippen LogP contribution in [0.4, 0.5) is 0 Å². The van der Waals surface area contributed by atoms with E-state index < -0.39 is 0 Å². The van der Waals surface area contributed by atoms with Gasteiger partial charge < -0.3 is 0 Å². The average Bonchev–Trinajstić information content (AvgIpc) is 2.57. The molecule has 24 heavy (non-hydrogen) atoms. The fourth-order valence-corrected chi connectivity index (χ4v) is 4.13. The van der Waals surface area contributed by atoms with Crippen molar-refractivity contribution in [2.75, 3.05) is 0 Å². The van der Waals surface area contributed by atoms with Crippen molar-refractivity contribution in [1.82, 2.24) is 9.97 Å². The topological polar surface area (TPSA) is 25.8 Å². The zero-order valence-electron chi connectivity index (χ0n) is 15.1. The standard InChI is InChI=1S/C20H22Cl2N2/c1-9-11(3)17-13(5)14(6)18-12(4)10(2)16(8-22)24-20(18)19(17)23-15(9)7-21/h7-8H2,1-6H3. The van der Waals surface area contributed by atoms with E-state index in [0.29, 0.717) is 11.8 Å². The molecule has 2 heterocycles. The summed E-state index contributed by atoms with van der Waals surface area (Å²) in [6.07, 6.45) is 0. The van der Waals surface area contributed by atoms with E-state index in [-0.39, 0.29) is 0 Å². The fourth-order valence-electron chi connectivity index (χ4n) is 3.61. The highest BCUT2D eigenvalue weighted by atomic mass is 35.5. The zero-order chi connectivity index (χ0) is 17.8. The van der Waals surface area contributed by atoms with Crippen molar-refractivity contribution < 1.29 is 0 Å². The SMILES string of the molecule is Cc1c(CCl)nc2c(c1C)c(C)c(C)c1c(C)c(C)c(CCl)nc12. The Morgan fingerprint density at radius 2 is 0.833 bits per heavy atom. The summed E-state index contributed by atoms with van der Waals surface area (Å²) in [5.41, 5.74) is 11.1. The van der Waals surface area contributed by atoms with Gasteiger partial charge in [-0.25, -0.2) is 9.97 Å². The Hall–Kier alpha value is -1.38. The first-order valence-electron chi connectivity index (χ1n) is 8.14.